The number of hydrogen-bond acceptors (Lipinski definition) is 3. The second-order valence-electron chi connectivity index (χ2n) is 4.93. The van der Waals surface area contributed by atoms with Gasteiger partial charge in [-0.2, -0.15) is 5.10 Å². The van der Waals surface area contributed by atoms with Crippen LogP contribution in [0.15, 0.2) is 42.7 Å². The monoisotopic (exact) mass is 272 g/mol. The van der Waals surface area contributed by atoms with Crippen molar-refractivity contribution in [2.45, 2.75) is 25.9 Å². The number of carbonyl (C=O) groups is 1. The van der Waals surface area contributed by atoms with E-state index in [0.29, 0.717) is 18.7 Å². The zero-order valence-electron chi connectivity index (χ0n) is 11.6. The van der Waals surface area contributed by atoms with Gasteiger partial charge in [-0.15, -0.1) is 0 Å². The van der Waals surface area contributed by atoms with Crippen LogP contribution in [0.25, 0.3) is 0 Å². The number of benzene rings is 1. The summed E-state index contributed by atoms with van der Waals surface area (Å²) in [5.74, 6) is -0.107. The highest BCUT2D eigenvalue weighted by atomic mass is 16.1. The summed E-state index contributed by atoms with van der Waals surface area (Å²) in [4.78, 5) is 11.9. The molecule has 1 aromatic heterocycles. The summed E-state index contributed by atoms with van der Waals surface area (Å²) in [6, 6.07) is 10.1. The maximum Gasteiger partial charge on any atom is 0.254 e. The Hall–Kier alpha value is -2.14. The molecule has 106 valence electrons. The zero-order valence-corrected chi connectivity index (χ0v) is 11.6. The molecule has 0 spiro atoms. The van der Waals surface area contributed by atoms with Gasteiger partial charge < -0.3 is 11.1 Å². The van der Waals surface area contributed by atoms with E-state index in [1.807, 2.05) is 37.3 Å². The molecule has 0 bridgehead atoms. The molecule has 0 aliphatic rings. The molecule has 0 aliphatic heterocycles. The lowest BCUT2D eigenvalue weighted by molar-refractivity contribution is 0.0952. The van der Waals surface area contributed by atoms with Crippen LogP contribution in [0.3, 0.4) is 0 Å². The van der Waals surface area contributed by atoms with Crippen molar-refractivity contribution < 1.29 is 4.79 Å². The molecule has 1 unspecified atom stereocenters. The zero-order chi connectivity index (χ0) is 14.4. The molecule has 20 heavy (non-hydrogen) atoms. The van der Waals surface area contributed by atoms with Crippen molar-refractivity contribution in [1.29, 1.82) is 0 Å². The van der Waals surface area contributed by atoms with Gasteiger partial charge in [-0.3, -0.25) is 9.48 Å². The fraction of sp³-hybridized carbons (Fsp3) is 0.333. The third kappa shape index (κ3) is 4.20. The maximum atomic E-state index is 11.9. The van der Waals surface area contributed by atoms with Gasteiger partial charge in [-0.25, -0.2) is 0 Å². The van der Waals surface area contributed by atoms with Crippen LogP contribution >= 0.6 is 0 Å². The van der Waals surface area contributed by atoms with Crippen LogP contribution < -0.4 is 11.1 Å². The lowest BCUT2D eigenvalue weighted by Crippen LogP contribution is -2.28. The lowest BCUT2D eigenvalue weighted by atomic mass is 10.2. The molecule has 1 heterocycles. The molecule has 0 fully saturated rings. The van der Waals surface area contributed by atoms with Crippen LogP contribution in [0.2, 0.25) is 0 Å². The third-order valence-corrected chi connectivity index (χ3v) is 2.97. The summed E-state index contributed by atoms with van der Waals surface area (Å²) < 4.78 is 1.76. The van der Waals surface area contributed by atoms with Gasteiger partial charge in [0.25, 0.3) is 5.91 Å². The van der Waals surface area contributed by atoms with Crippen LogP contribution in [0.4, 0.5) is 0 Å². The Balaban J connectivity index is 1.90. The molecule has 0 aliphatic carbocycles. The molecule has 1 aromatic carbocycles. The standard InChI is InChI=1S/C15H20N4O/c1-12(16)7-8-17-15(20)14-9-18-19(11-14)10-13-5-3-2-4-6-13/h2-6,9,11-12H,7-8,10,16H2,1H3,(H,17,20). The number of hydrogen-bond donors (Lipinski definition) is 2. The molecule has 3 N–H and O–H groups in total. The summed E-state index contributed by atoms with van der Waals surface area (Å²) in [7, 11) is 0. The molecule has 2 rings (SSSR count). The van der Waals surface area contributed by atoms with E-state index >= 15 is 0 Å². The number of carbonyl (C=O) groups excluding carboxylic acids is 1. The van der Waals surface area contributed by atoms with E-state index in [1.165, 1.54) is 0 Å². The third-order valence-electron chi connectivity index (χ3n) is 2.97. The van der Waals surface area contributed by atoms with Gasteiger partial charge in [0.2, 0.25) is 0 Å². The van der Waals surface area contributed by atoms with Crippen molar-refractivity contribution in [1.82, 2.24) is 15.1 Å². The Morgan fingerprint density at radius 2 is 2.15 bits per heavy atom. The van der Waals surface area contributed by atoms with Crippen molar-refractivity contribution in [3.8, 4) is 0 Å². The van der Waals surface area contributed by atoms with Gasteiger partial charge in [0.1, 0.15) is 0 Å². The second-order valence-corrected chi connectivity index (χ2v) is 4.93. The van der Waals surface area contributed by atoms with E-state index < -0.39 is 0 Å². The van der Waals surface area contributed by atoms with Gasteiger partial charge in [-0.1, -0.05) is 30.3 Å². The van der Waals surface area contributed by atoms with Crippen molar-refractivity contribution in [3.05, 3.63) is 53.9 Å². The predicted molar refractivity (Wildman–Crippen MR) is 78.4 cm³/mol. The molecule has 5 heteroatoms. The van der Waals surface area contributed by atoms with E-state index in [4.69, 9.17) is 5.73 Å². The Kier molecular flexibility index (Phi) is 4.90. The normalized spacial score (nSPS) is 12.1. The molecule has 1 atom stereocenters. The van der Waals surface area contributed by atoms with Crippen LogP contribution in [0.1, 0.15) is 29.3 Å². The number of nitrogens with two attached hydrogens (primary N) is 1. The van der Waals surface area contributed by atoms with Crippen LogP contribution in [0.5, 0.6) is 0 Å². The van der Waals surface area contributed by atoms with Gasteiger partial charge in [0, 0.05) is 18.8 Å². The Labute approximate surface area is 118 Å². The summed E-state index contributed by atoms with van der Waals surface area (Å²) in [5, 5.41) is 7.04. The van der Waals surface area contributed by atoms with E-state index in [1.54, 1.807) is 17.1 Å². The smallest absolute Gasteiger partial charge is 0.254 e. The first-order valence-corrected chi connectivity index (χ1v) is 6.75. The minimum atomic E-state index is -0.107. The minimum absolute atomic E-state index is 0.0936. The van der Waals surface area contributed by atoms with Gasteiger partial charge in [0.15, 0.2) is 0 Å². The summed E-state index contributed by atoms with van der Waals surface area (Å²) >= 11 is 0. The average Bonchev–Trinajstić information content (AvgIpc) is 2.88. The highest BCUT2D eigenvalue weighted by Crippen LogP contribution is 2.04. The number of nitrogens with one attached hydrogen (secondary N) is 1. The van der Waals surface area contributed by atoms with Gasteiger partial charge in [-0.05, 0) is 18.9 Å². The molecular formula is C15H20N4O. The van der Waals surface area contributed by atoms with Crippen LogP contribution in [-0.4, -0.2) is 28.3 Å². The van der Waals surface area contributed by atoms with Gasteiger partial charge in [0.05, 0.1) is 18.3 Å². The Morgan fingerprint density at radius 1 is 1.40 bits per heavy atom. The second kappa shape index (κ2) is 6.86. The quantitative estimate of drug-likeness (QED) is 0.835. The molecule has 0 saturated heterocycles. The van der Waals surface area contributed by atoms with E-state index in [0.717, 1.165) is 12.0 Å². The summed E-state index contributed by atoms with van der Waals surface area (Å²) in [6.07, 6.45) is 4.11. The number of rotatable bonds is 6. The topological polar surface area (TPSA) is 72.9 Å². The predicted octanol–water partition coefficient (Wildman–Crippen LogP) is 1.40. The van der Waals surface area contributed by atoms with E-state index in [-0.39, 0.29) is 11.9 Å². The first kappa shape index (κ1) is 14.3. The molecule has 1 amide bonds. The van der Waals surface area contributed by atoms with Gasteiger partial charge >= 0.3 is 0 Å². The SMILES string of the molecule is CC(N)CCNC(=O)c1cnn(Cc2ccccc2)c1. The van der Waals surface area contributed by atoms with Crippen molar-refractivity contribution in [2.24, 2.45) is 5.73 Å². The molecule has 0 saturated carbocycles. The average molecular weight is 272 g/mol. The fourth-order valence-electron chi connectivity index (χ4n) is 1.85. The minimum Gasteiger partial charge on any atom is -0.352 e. The molecular weight excluding hydrogens is 252 g/mol. The lowest BCUT2D eigenvalue weighted by Gasteiger charge is -2.05. The Morgan fingerprint density at radius 3 is 2.85 bits per heavy atom. The first-order valence-electron chi connectivity index (χ1n) is 6.75. The first-order chi connectivity index (χ1) is 9.65. The Bertz CT molecular complexity index is 548. The van der Waals surface area contributed by atoms with Crippen molar-refractivity contribution in [3.63, 3.8) is 0 Å². The highest BCUT2D eigenvalue weighted by Gasteiger charge is 2.08. The highest BCUT2D eigenvalue weighted by molar-refractivity contribution is 5.93. The van der Waals surface area contributed by atoms with E-state index in [2.05, 4.69) is 10.4 Å². The molecule has 0 radical (unpaired) electrons. The largest absolute Gasteiger partial charge is 0.352 e. The summed E-state index contributed by atoms with van der Waals surface area (Å²) in [5.41, 5.74) is 7.37. The molecule has 5 nitrogen and oxygen atoms in total. The van der Waals surface area contributed by atoms with Crippen LogP contribution in [-0.2, 0) is 6.54 Å². The molecule has 2 aromatic rings. The van der Waals surface area contributed by atoms with Crippen molar-refractivity contribution >= 4 is 5.91 Å². The van der Waals surface area contributed by atoms with E-state index in [9.17, 15) is 4.79 Å². The van der Waals surface area contributed by atoms with Crippen molar-refractivity contribution in [2.75, 3.05) is 6.54 Å². The van der Waals surface area contributed by atoms with Crippen LogP contribution in [0, 0.1) is 0 Å². The fourth-order valence-corrected chi connectivity index (χ4v) is 1.85. The number of aromatic nitrogens is 2. The number of nitrogens with zero attached hydrogens (tertiary/aromatic N) is 2. The maximum absolute atomic E-state index is 11.9. The summed E-state index contributed by atoms with van der Waals surface area (Å²) in [6.45, 7) is 3.17. The number of amides is 1.